The number of hydrogen-bond donors (Lipinski definition) is 0. The zero-order chi connectivity index (χ0) is 15.3. The van der Waals surface area contributed by atoms with Gasteiger partial charge in [0.05, 0.1) is 10.6 Å². The van der Waals surface area contributed by atoms with Gasteiger partial charge in [-0.2, -0.15) is 0 Å². The summed E-state index contributed by atoms with van der Waals surface area (Å²) in [4.78, 5) is 11.5. The van der Waals surface area contributed by atoms with E-state index in [0.29, 0.717) is 12.0 Å². The quantitative estimate of drug-likeness (QED) is 0.769. The van der Waals surface area contributed by atoms with Crippen LogP contribution in [0.2, 0.25) is 0 Å². The van der Waals surface area contributed by atoms with E-state index in [2.05, 4.69) is 0 Å². The molecule has 0 spiro atoms. The maximum Gasteiger partial charge on any atom is 0.178 e. The van der Waals surface area contributed by atoms with Gasteiger partial charge in [-0.05, 0) is 37.5 Å². The average molecular weight is 302 g/mol. The number of ketones is 1. The molecule has 0 bridgehead atoms. The molecule has 0 heterocycles. The van der Waals surface area contributed by atoms with Crippen molar-refractivity contribution >= 4 is 15.6 Å². The van der Waals surface area contributed by atoms with E-state index in [-0.39, 0.29) is 16.4 Å². The molecule has 0 aliphatic carbocycles. The molecule has 0 unspecified atom stereocenters. The molecule has 0 aliphatic rings. The molecule has 0 saturated carbocycles. The third-order valence-electron chi connectivity index (χ3n) is 3.34. The molecular weight excluding hydrogens is 284 g/mol. The van der Waals surface area contributed by atoms with Gasteiger partial charge in [0.15, 0.2) is 15.6 Å². The van der Waals surface area contributed by atoms with Crippen LogP contribution in [0.15, 0.2) is 59.5 Å². The predicted octanol–water partition coefficient (Wildman–Crippen LogP) is 3.30. The number of aryl methyl sites for hydroxylation is 1. The van der Waals surface area contributed by atoms with Gasteiger partial charge in [0.25, 0.3) is 0 Å². The first-order chi connectivity index (χ1) is 9.99. The first-order valence-electron chi connectivity index (χ1n) is 6.87. The zero-order valence-electron chi connectivity index (χ0n) is 12.0. The van der Waals surface area contributed by atoms with Crippen LogP contribution in [0.25, 0.3) is 0 Å². The highest BCUT2D eigenvalue weighted by atomic mass is 32.2. The minimum Gasteiger partial charge on any atom is -0.295 e. The number of hydrogen-bond acceptors (Lipinski definition) is 3. The minimum absolute atomic E-state index is 0.0666. The second-order valence-corrected chi connectivity index (χ2v) is 7.10. The van der Waals surface area contributed by atoms with E-state index in [0.717, 1.165) is 12.0 Å². The number of carbonyl (C=O) groups excluding carboxylic acids is 1. The van der Waals surface area contributed by atoms with Crippen LogP contribution >= 0.6 is 0 Å². The van der Waals surface area contributed by atoms with Gasteiger partial charge < -0.3 is 0 Å². The molecule has 2 aromatic carbocycles. The van der Waals surface area contributed by atoms with Crippen LogP contribution in [-0.4, -0.2) is 20.0 Å². The number of carbonyl (C=O) groups is 1. The van der Waals surface area contributed by atoms with Crippen LogP contribution in [-0.2, 0) is 16.3 Å². The van der Waals surface area contributed by atoms with Crippen LogP contribution in [0.3, 0.4) is 0 Å². The molecule has 0 aromatic heterocycles. The Morgan fingerprint density at radius 2 is 1.57 bits per heavy atom. The van der Waals surface area contributed by atoms with Gasteiger partial charge in [-0.15, -0.1) is 0 Å². The molecular formula is C17H18O3S. The van der Waals surface area contributed by atoms with Gasteiger partial charge in [-0.25, -0.2) is 8.42 Å². The van der Waals surface area contributed by atoms with E-state index >= 15 is 0 Å². The minimum atomic E-state index is -3.28. The number of sulfone groups is 1. The molecule has 4 heteroatoms. The van der Waals surface area contributed by atoms with E-state index in [1.165, 1.54) is 19.1 Å². The normalized spacial score (nSPS) is 11.3. The summed E-state index contributed by atoms with van der Waals surface area (Å²) in [5, 5.41) is 0. The summed E-state index contributed by atoms with van der Waals surface area (Å²) in [6.45, 7) is 1.46. The molecule has 2 aromatic rings. The maximum atomic E-state index is 12.2. The van der Waals surface area contributed by atoms with Crippen LogP contribution in [0, 0.1) is 0 Å². The fourth-order valence-electron chi connectivity index (χ4n) is 2.13. The maximum absolute atomic E-state index is 12.2. The Morgan fingerprint density at radius 3 is 2.14 bits per heavy atom. The Labute approximate surface area is 125 Å². The fourth-order valence-corrected chi connectivity index (χ4v) is 3.44. The summed E-state index contributed by atoms with van der Waals surface area (Å²) in [6.07, 6.45) is 1.33. The van der Waals surface area contributed by atoms with Crippen molar-refractivity contribution < 1.29 is 13.2 Å². The van der Waals surface area contributed by atoms with Crippen LogP contribution in [0.5, 0.6) is 0 Å². The van der Waals surface area contributed by atoms with Crippen molar-refractivity contribution in [2.45, 2.75) is 24.7 Å². The van der Waals surface area contributed by atoms with E-state index in [1.54, 1.807) is 12.1 Å². The van der Waals surface area contributed by atoms with Crippen LogP contribution < -0.4 is 0 Å². The Kier molecular flexibility index (Phi) is 4.91. The van der Waals surface area contributed by atoms with Crippen molar-refractivity contribution in [1.29, 1.82) is 0 Å². The van der Waals surface area contributed by atoms with Crippen molar-refractivity contribution in [2.75, 3.05) is 5.75 Å². The predicted molar refractivity (Wildman–Crippen MR) is 83.3 cm³/mol. The lowest BCUT2D eigenvalue weighted by Crippen LogP contribution is -2.08. The number of benzene rings is 2. The van der Waals surface area contributed by atoms with Gasteiger partial charge in [0.1, 0.15) is 0 Å². The van der Waals surface area contributed by atoms with Crippen molar-refractivity contribution in [2.24, 2.45) is 0 Å². The standard InChI is InChI=1S/C17H18O3S/c1-14(18)16-9-11-17(12-10-16)21(19,20)13-5-8-15-6-3-2-4-7-15/h2-4,6-7,9-12H,5,8,13H2,1H3. The molecule has 0 aliphatic heterocycles. The highest BCUT2D eigenvalue weighted by Crippen LogP contribution is 2.15. The first-order valence-corrected chi connectivity index (χ1v) is 8.52. The fraction of sp³-hybridized carbons (Fsp3) is 0.235. The largest absolute Gasteiger partial charge is 0.295 e. The molecule has 0 radical (unpaired) electrons. The lowest BCUT2D eigenvalue weighted by atomic mass is 10.1. The second-order valence-electron chi connectivity index (χ2n) is 4.99. The summed E-state index contributed by atoms with van der Waals surface area (Å²) in [5.74, 6) is 0.0458. The highest BCUT2D eigenvalue weighted by molar-refractivity contribution is 7.91. The van der Waals surface area contributed by atoms with Gasteiger partial charge in [0.2, 0.25) is 0 Å². The molecule has 0 saturated heterocycles. The summed E-state index contributed by atoms with van der Waals surface area (Å²) < 4.78 is 24.4. The van der Waals surface area contributed by atoms with Crippen molar-refractivity contribution in [1.82, 2.24) is 0 Å². The molecule has 21 heavy (non-hydrogen) atoms. The molecule has 110 valence electrons. The van der Waals surface area contributed by atoms with E-state index in [1.807, 2.05) is 30.3 Å². The lowest BCUT2D eigenvalue weighted by molar-refractivity contribution is 0.101. The highest BCUT2D eigenvalue weighted by Gasteiger charge is 2.14. The third kappa shape index (κ3) is 4.26. The second kappa shape index (κ2) is 6.68. The summed E-state index contributed by atoms with van der Waals surface area (Å²) in [6, 6.07) is 16.0. The van der Waals surface area contributed by atoms with Crippen molar-refractivity contribution in [3.8, 4) is 0 Å². The van der Waals surface area contributed by atoms with E-state index < -0.39 is 9.84 Å². The monoisotopic (exact) mass is 302 g/mol. The topological polar surface area (TPSA) is 51.2 Å². The Bertz CT molecular complexity index is 701. The molecule has 2 rings (SSSR count). The van der Waals surface area contributed by atoms with Crippen molar-refractivity contribution in [3.05, 3.63) is 65.7 Å². The molecule has 0 amide bonds. The third-order valence-corrected chi connectivity index (χ3v) is 5.16. The van der Waals surface area contributed by atoms with Crippen LogP contribution in [0.1, 0.15) is 29.3 Å². The smallest absolute Gasteiger partial charge is 0.178 e. The average Bonchev–Trinajstić information content (AvgIpc) is 2.48. The SMILES string of the molecule is CC(=O)c1ccc(S(=O)(=O)CCCc2ccccc2)cc1. The molecule has 0 atom stereocenters. The van der Waals surface area contributed by atoms with Crippen LogP contribution in [0.4, 0.5) is 0 Å². The summed E-state index contributed by atoms with van der Waals surface area (Å²) in [7, 11) is -3.28. The van der Waals surface area contributed by atoms with Gasteiger partial charge in [-0.1, -0.05) is 42.5 Å². The van der Waals surface area contributed by atoms with Crippen molar-refractivity contribution in [3.63, 3.8) is 0 Å². The zero-order valence-corrected chi connectivity index (χ0v) is 12.8. The Balaban J connectivity index is 2.00. The first kappa shape index (κ1) is 15.4. The van der Waals surface area contributed by atoms with Gasteiger partial charge in [-0.3, -0.25) is 4.79 Å². The Morgan fingerprint density at radius 1 is 0.952 bits per heavy atom. The molecule has 0 fully saturated rings. The summed E-state index contributed by atoms with van der Waals surface area (Å²) >= 11 is 0. The van der Waals surface area contributed by atoms with Gasteiger partial charge >= 0.3 is 0 Å². The van der Waals surface area contributed by atoms with E-state index in [9.17, 15) is 13.2 Å². The Hall–Kier alpha value is -1.94. The van der Waals surface area contributed by atoms with E-state index in [4.69, 9.17) is 0 Å². The summed E-state index contributed by atoms with van der Waals surface area (Å²) in [5.41, 5.74) is 1.66. The molecule has 0 N–H and O–H groups in total. The van der Waals surface area contributed by atoms with Gasteiger partial charge in [0, 0.05) is 5.56 Å². The molecule has 3 nitrogen and oxygen atoms in total. The lowest BCUT2D eigenvalue weighted by Gasteiger charge is -2.05. The number of rotatable bonds is 6. The number of Topliss-reactive ketones (excluding diaryl/α,β-unsaturated/α-hetero) is 1.